The molecule has 1 atom stereocenters. The summed E-state index contributed by atoms with van der Waals surface area (Å²) < 4.78 is 1.95. The van der Waals surface area contributed by atoms with Crippen LogP contribution in [0.2, 0.25) is 0 Å². The molecule has 0 radical (unpaired) electrons. The van der Waals surface area contributed by atoms with Gasteiger partial charge in [-0.15, -0.1) is 24.0 Å². The minimum Gasteiger partial charge on any atom is -0.356 e. The van der Waals surface area contributed by atoms with Gasteiger partial charge in [0.1, 0.15) is 0 Å². The molecule has 0 saturated carbocycles. The monoisotopic (exact) mass is 406 g/mol. The average Bonchev–Trinajstić information content (AvgIpc) is 3.09. The summed E-state index contributed by atoms with van der Waals surface area (Å²) in [5, 5.41) is 11.0. The zero-order valence-corrected chi connectivity index (χ0v) is 15.3. The van der Waals surface area contributed by atoms with Gasteiger partial charge in [0.15, 0.2) is 5.96 Å². The summed E-state index contributed by atoms with van der Waals surface area (Å²) >= 11 is 0. The molecule has 1 unspecified atom stereocenters. The van der Waals surface area contributed by atoms with Crippen molar-refractivity contribution in [1.29, 1.82) is 0 Å². The van der Waals surface area contributed by atoms with Crippen molar-refractivity contribution in [2.45, 2.75) is 19.4 Å². The number of nitrogens with zero attached hydrogens (tertiary/aromatic N) is 4. The minimum atomic E-state index is 0. The highest BCUT2D eigenvalue weighted by Gasteiger charge is 2.19. The molecule has 1 aromatic rings. The predicted octanol–water partition coefficient (Wildman–Crippen LogP) is 1.01. The van der Waals surface area contributed by atoms with Gasteiger partial charge in [-0.3, -0.25) is 9.67 Å². The lowest BCUT2D eigenvalue weighted by atomic mass is 10.1. The fourth-order valence-electron chi connectivity index (χ4n) is 2.54. The smallest absolute Gasteiger partial charge is 0.190 e. The molecule has 0 aromatic carbocycles. The van der Waals surface area contributed by atoms with E-state index in [2.05, 4.69) is 32.7 Å². The van der Waals surface area contributed by atoms with Crippen LogP contribution < -0.4 is 10.6 Å². The maximum Gasteiger partial charge on any atom is 0.190 e. The summed E-state index contributed by atoms with van der Waals surface area (Å²) in [6.45, 7) is 5.24. The van der Waals surface area contributed by atoms with Gasteiger partial charge in [0.2, 0.25) is 0 Å². The summed E-state index contributed by atoms with van der Waals surface area (Å²) in [7, 11) is 4.01. The zero-order chi connectivity index (χ0) is 14.2. The predicted molar refractivity (Wildman–Crippen MR) is 97.2 cm³/mol. The summed E-state index contributed by atoms with van der Waals surface area (Å²) in [5.74, 6) is 1.64. The number of halogens is 1. The maximum absolute atomic E-state index is 4.26. The molecule has 2 heterocycles. The van der Waals surface area contributed by atoms with Crippen molar-refractivity contribution in [3.8, 4) is 0 Å². The van der Waals surface area contributed by atoms with Crippen molar-refractivity contribution in [3.63, 3.8) is 0 Å². The summed E-state index contributed by atoms with van der Waals surface area (Å²) in [5.41, 5.74) is 0. The Hall–Kier alpha value is -0.830. The Morgan fingerprint density at radius 3 is 2.90 bits per heavy atom. The lowest BCUT2D eigenvalue weighted by Crippen LogP contribution is -2.40. The topological polar surface area (TPSA) is 57.5 Å². The Morgan fingerprint density at radius 2 is 2.29 bits per heavy atom. The van der Waals surface area contributed by atoms with Gasteiger partial charge in [0, 0.05) is 45.6 Å². The number of rotatable bonds is 6. The first-order chi connectivity index (χ1) is 9.78. The van der Waals surface area contributed by atoms with Gasteiger partial charge in [-0.25, -0.2) is 0 Å². The lowest BCUT2D eigenvalue weighted by molar-refractivity contribution is 0.394. The third kappa shape index (κ3) is 6.64. The number of aryl methyl sites for hydroxylation is 1. The zero-order valence-electron chi connectivity index (χ0n) is 13.0. The second kappa shape index (κ2) is 9.99. The van der Waals surface area contributed by atoms with Crippen molar-refractivity contribution >= 4 is 29.9 Å². The third-order valence-corrected chi connectivity index (χ3v) is 3.69. The molecule has 2 N–H and O–H groups in total. The molecule has 1 aromatic heterocycles. The third-order valence-electron chi connectivity index (χ3n) is 3.69. The standard InChI is InChI=1S/C14H26N6.HI/c1-15-14(17-11-13-5-10-19(2)12-13)16-6-3-8-20-9-4-7-18-20;/h4,7,9,13H,3,5-6,8,10-12H2,1-2H3,(H2,15,16,17);1H. The molecule has 6 nitrogen and oxygen atoms in total. The molecule has 0 spiro atoms. The molecule has 1 fully saturated rings. The lowest BCUT2D eigenvalue weighted by Gasteiger charge is -2.15. The van der Waals surface area contributed by atoms with Crippen LogP contribution in [0.15, 0.2) is 23.5 Å². The van der Waals surface area contributed by atoms with Crippen LogP contribution in [0.25, 0.3) is 0 Å². The number of aromatic nitrogens is 2. The van der Waals surface area contributed by atoms with Gasteiger partial charge in [-0.1, -0.05) is 0 Å². The molecule has 120 valence electrons. The molecule has 0 amide bonds. The minimum absolute atomic E-state index is 0. The van der Waals surface area contributed by atoms with E-state index in [9.17, 15) is 0 Å². The first-order valence-corrected chi connectivity index (χ1v) is 7.38. The first-order valence-electron chi connectivity index (χ1n) is 7.38. The van der Waals surface area contributed by atoms with Crippen LogP contribution in [-0.4, -0.2) is 60.9 Å². The van der Waals surface area contributed by atoms with Crippen molar-refractivity contribution in [3.05, 3.63) is 18.5 Å². The van der Waals surface area contributed by atoms with E-state index in [0.29, 0.717) is 0 Å². The molecule has 21 heavy (non-hydrogen) atoms. The molecular formula is C14H27IN6. The van der Waals surface area contributed by atoms with Crippen molar-refractivity contribution in [1.82, 2.24) is 25.3 Å². The number of hydrogen-bond donors (Lipinski definition) is 2. The van der Waals surface area contributed by atoms with Crippen LogP contribution in [0, 0.1) is 5.92 Å². The highest BCUT2D eigenvalue weighted by Crippen LogP contribution is 2.12. The van der Waals surface area contributed by atoms with Crippen molar-refractivity contribution in [2.75, 3.05) is 40.3 Å². The van der Waals surface area contributed by atoms with Crippen LogP contribution in [0.1, 0.15) is 12.8 Å². The van der Waals surface area contributed by atoms with E-state index < -0.39 is 0 Å². The second-order valence-corrected chi connectivity index (χ2v) is 5.42. The Labute approximate surface area is 144 Å². The molecular weight excluding hydrogens is 379 g/mol. The number of nitrogens with one attached hydrogen (secondary N) is 2. The van der Waals surface area contributed by atoms with Gasteiger partial charge in [-0.2, -0.15) is 5.10 Å². The van der Waals surface area contributed by atoms with Gasteiger partial charge in [0.05, 0.1) is 0 Å². The van der Waals surface area contributed by atoms with Gasteiger partial charge in [0.25, 0.3) is 0 Å². The summed E-state index contributed by atoms with van der Waals surface area (Å²) in [4.78, 5) is 6.64. The Bertz CT molecular complexity index is 406. The number of aliphatic imine (C=N–C) groups is 1. The molecule has 1 saturated heterocycles. The Kier molecular flexibility index (Phi) is 8.67. The van der Waals surface area contributed by atoms with Crippen LogP contribution in [0.5, 0.6) is 0 Å². The second-order valence-electron chi connectivity index (χ2n) is 5.42. The van der Waals surface area contributed by atoms with E-state index in [-0.39, 0.29) is 24.0 Å². The van der Waals surface area contributed by atoms with Gasteiger partial charge in [-0.05, 0) is 38.4 Å². The van der Waals surface area contributed by atoms with E-state index in [1.165, 1.54) is 19.5 Å². The van der Waals surface area contributed by atoms with Crippen LogP contribution >= 0.6 is 24.0 Å². The Balaban J connectivity index is 0.00000220. The fourth-order valence-corrected chi connectivity index (χ4v) is 2.54. The maximum atomic E-state index is 4.26. The highest BCUT2D eigenvalue weighted by atomic mass is 127. The number of guanidine groups is 1. The van der Waals surface area contributed by atoms with Crippen LogP contribution in [0.4, 0.5) is 0 Å². The number of hydrogen-bond acceptors (Lipinski definition) is 3. The normalized spacial score (nSPS) is 19.3. The van der Waals surface area contributed by atoms with Gasteiger partial charge >= 0.3 is 0 Å². The van der Waals surface area contributed by atoms with E-state index in [0.717, 1.165) is 37.9 Å². The molecule has 1 aliphatic heterocycles. The highest BCUT2D eigenvalue weighted by molar-refractivity contribution is 14.0. The largest absolute Gasteiger partial charge is 0.356 e. The van der Waals surface area contributed by atoms with E-state index in [4.69, 9.17) is 0 Å². The molecule has 1 aliphatic rings. The molecule has 0 aliphatic carbocycles. The SMILES string of the molecule is CN=C(NCCCn1cccn1)NCC1CCN(C)C1.I. The first kappa shape index (κ1) is 18.2. The van der Waals surface area contributed by atoms with Crippen LogP contribution in [0.3, 0.4) is 0 Å². The summed E-state index contributed by atoms with van der Waals surface area (Å²) in [6.07, 6.45) is 6.12. The van der Waals surface area contributed by atoms with E-state index >= 15 is 0 Å². The van der Waals surface area contributed by atoms with E-state index in [1.54, 1.807) is 0 Å². The summed E-state index contributed by atoms with van der Waals surface area (Å²) in [6, 6.07) is 1.95. The van der Waals surface area contributed by atoms with E-state index in [1.807, 2.05) is 30.2 Å². The van der Waals surface area contributed by atoms with Crippen molar-refractivity contribution < 1.29 is 0 Å². The Morgan fingerprint density at radius 1 is 1.43 bits per heavy atom. The van der Waals surface area contributed by atoms with Crippen molar-refractivity contribution in [2.24, 2.45) is 10.9 Å². The van der Waals surface area contributed by atoms with Crippen LogP contribution in [-0.2, 0) is 6.54 Å². The molecule has 0 bridgehead atoms. The fraction of sp³-hybridized carbons (Fsp3) is 0.714. The number of likely N-dealkylation sites (tertiary alicyclic amines) is 1. The average molecular weight is 406 g/mol. The quantitative estimate of drug-likeness (QED) is 0.321. The van der Waals surface area contributed by atoms with Gasteiger partial charge < -0.3 is 15.5 Å². The molecule has 7 heteroatoms. The molecule has 2 rings (SSSR count).